The van der Waals surface area contributed by atoms with Gasteiger partial charge in [0.25, 0.3) is 0 Å². The van der Waals surface area contributed by atoms with Crippen molar-refractivity contribution in [3.05, 3.63) is 83.4 Å². The van der Waals surface area contributed by atoms with E-state index < -0.39 is 0 Å². The summed E-state index contributed by atoms with van der Waals surface area (Å²) in [6, 6.07) is 15.6. The van der Waals surface area contributed by atoms with Crippen LogP contribution in [0.2, 0.25) is 0 Å². The van der Waals surface area contributed by atoms with E-state index in [0.717, 1.165) is 35.6 Å². The molecule has 1 saturated heterocycles. The number of aromatic nitrogens is 3. The lowest BCUT2D eigenvalue weighted by Gasteiger charge is -2.40. The van der Waals surface area contributed by atoms with Crippen molar-refractivity contribution in [1.82, 2.24) is 19.9 Å². The van der Waals surface area contributed by atoms with Crippen molar-refractivity contribution in [2.75, 3.05) is 11.9 Å². The molecule has 6 nitrogen and oxygen atoms in total. The van der Waals surface area contributed by atoms with Gasteiger partial charge in [0.2, 0.25) is 5.91 Å². The molecule has 3 heterocycles. The number of amides is 1. The highest BCUT2D eigenvalue weighted by atomic mass is 16.2. The lowest BCUT2D eigenvalue weighted by molar-refractivity contribution is -0.133. The summed E-state index contributed by atoms with van der Waals surface area (Å²) in [5.41, 5.74) is 2.89. The molecule has 1 aromatic carbocycles. The van der Waals surface area contributed by atoms with Crippen molar-refractivity contribution in [1.29, 1.82) is 0 Å². The van der Waals surface area contributed by atoms with E-state index in [9.17, 15) is 4.79 Å². The third-order valence-corrected chi connectivity index (χ3v) is 4.98. The predicted octanol–water partition coefficient (Wildman–Crippen LogP) is 4.22. The topological polar surface area (TPSA) is 71.0 Å². The zero-order chi connectivity index (χ0) is 20.2. The number of nitrogens with one attached hydrogen (secondary N) is 1. The van der Waals surface area contributed by atoms with Crippen LogP contribution < -0.4 is 5.32 Å². The molecule has 2 aromatic heterocycles. The minimum atomic E-state index is -0.0324. The Bertz CT molecular complexity index is 1050. The molecule has 1 aliphatic rings. The van der Waals surface area contributed by atoms with Crippen molar-refractivity contribution in [3.8, 4) is 0 Å². The summed E-state index contributed by atoms with van der Waals surface area (Å²) >= 11 is 0. The number of pyridine rings is 1. The summed E-state index contributed by atoms with van der Waals surface area (Å²) in [6.45, 7) is 4.59. The Morgan fingerprint density at radius 2 is 1.97 bits per heavy atom. The second kappa shape index (κ2) is 8.22. The lowest BCUT2D eigenvalue weighted by atomic mass is 9.98. The minimum absolute atomic E-state index is 0.00329. The van der Waals surface area contributed by atoms with Crippen molar-refractivity contribution in [2.45, 2.75) is 26.3 Å². The fraction of sp³-hybridized carbons (Fsp3) is 0.217. The normalized spacial score (nSPS) is 15.9. The van der Waals surface area contributed by atoms with E-state index in [4.69, 9.17) is 0 Å². The van der Waals surface area contributed by atoms with Gasteiger partial charge in [-0.1, -0.05) is 36.4 Å². The average molecular weight is 385 g/mol. The van der Waals surface area contributed by atoms with E-state index in [2.05, 4.69) is 20.3 Å². The molecule has 0 unspecified atom stereocenters. The number of carbonyl (C=O) groups excluding carboxylic acids is 1. The second-order valence-corrected chi connectivity index (χ2v) is 7.10. The first-order valence-electron chi connectivity index (χ1n) is 9.68. The van der Waals surface area contributed by atoms with Crippen LogP contribution in [0.4, 0.5) is 11.6 Å². The Morgan fingerprint density at radius 3 is 2.69 bits per heavy atom. The smallest absolute Gasteiger partial charge is 0.247 e. The number of hydrogen-bond donors (Lipinski definition) is 1. The maximum Gasteiger partial charge on any atom is 0.247 e. The molecule has 1 fully saturated rings. The third kappa shape index (κ3) is 4.32. The van der Waals surface area contributed by atoms with Gasteiger partial charge in [0.15, 0.2) is 0 Å². The zero-order valence-electron chi connectivity index (χ0n) is 16.5. The SMILES string of the molecule is Cc1nc(Nc2ncccc2C)cc([C@@H]2CCN2C(=O)/C=C/c2ccccc2)n1. The number of nitrogens with zero attached hydrogens (tertiary/aromatic N) is 4. The molecule has 1 N–H and O–H groups in total. The molecule has 1 aliphatic heterocycles. The van der Waals surface area contributed by atoms with Gasteiger partial charge >= 0.3 is 0 Å². The number of likely N-dealkylation sites (tertiary alicyclic amines) is 1. The van der Waals surface area contributed by atoms with Crippen LogP contribution >= 0.6 is 0 Å². The van der Waals surface area contributed by atoms with Crippen LogP contribution in [0.1, 0.15) is 35.1 Å². The molecular formula is C23H23N5O. The first-order chi connectivity index (χ1) is 14.1. The first kappa shape index (κ1) is 18.8. The van der Waals surface area contributed by atoms with Gasteiger partial charge in [0, 0.05) is 24.9 Å². The Labute approximate surface area is 170 Å². The fourth-order valence-corrected chi connectivity index (χ4v) is 3.35. The zero-order valence-corrected chi connectivity index (χ0v) is 16.5. The van der Waals surface area contributed by atoms with Gasteiger partial charge in [-0.25, -0.2) is 15.0 Å². The lowest BCUT2D eigenvalue weighted by Crippen LogP contribution is -2.44. The fourth-order valence-electron chi connectivity index (χ4n) is 3.35. The molecule has 6 heteroatoms. The molecule has 0 bridgehead atoms. The van der Waals surface area contributed by atoms with E-state index in [1.165, 1.54) is 0 Å². The van der Waals surface area contributed by atoms with Gasteiger partial charge in [0.05, 0.1) is 11.7 Å². The summed E-state index contributed by atoms with van der Waals surface area (Å²) in [4.78, 5) is 27.9. The predicted molar refractivity (Wildman–Crippen MR) is 114 cm³/mol. The Balaban J connectivity index is 1.51. The molecule has 3 aromatic rings. The number of hydrogen-bond acceptors (Lipinski definition) is 5. The highest BCUT2D eigenvalue weighted by Gasteiger charge is 2.33. The second-order valence-electron chi connectivity index (χ2n) is 7.10. The van der Waals surface area contributed by atoms with Crippen LogP contribution in [-0.4, -0.2) is 32.3 Å². The number of rotatable bonds is 5. The monoisotopic (exact) mass is 385 g/mol. The summed E-state index contributed by atoms with van der Waals surface area (Å²) < 4.78 is 0. The van der Waals surface area contributed by atoms with Crippen LogP contribution in [0.15, 0.2) is 60.8 Å². The van der Waals surface area contributed by atoms with E-state index in [-0.39, 0.29) is 11.9 Å². The van der Waals surface area contributed by atoms with E-state index in [0.29, 0.717) is 11.6 Å². The Morgan fingerprint density at radius 1 is 1.14 bits per heavy atom. The average Bonchev–Trinajstić information content (AvgIpc) is 2.68. The van der Waals surface area contributed by atoms with Gasteiger partial charge in [0.1, 0.15) is 17.5 Å². The highest BCUT2D eigenvalue weighted by molar-refractivity contribution is 5.92. The van der Waals surface area contributed by atoms with Crippen LogP contribution in [-0.2, 0) is 4.79 Å². The quantitative estimate of drug-likeness (QED) is 0.666. The molecule has 4 rings (SSSR count). The highest BCUT2D eigenvalue weighted by Crippen LogP contribution is 2.33. The molecule has 0 saturated carbocycles. The Hall–Kier alpha value is -3.54. The van der Waals surface area contributed by atoms with Gasteiger partial charge in [-0.05, 0) is 43.5 Å². The maximum absolute atomic E-state index is 12.7. The number of anilines is 2. The number of benzene rings is 1. The van der Waals surface area contributed by atoms with Crippen molar-refractivity contribution < 1.29 is 4.79 Å². The summed E-state index contributed by atoms with van der Waals surface area (Å²) in [5, 5.41) is 3.27. The van der Waals surface area contributed by atoms with Gasteiger partial charge in [-0.3, -0.25) is 4.79 Å². The first-order valence-corrected chi connectivity index (χ1v) is 9.68. The van der Waals surface area contributed by atoms with Crippen LogP contribution in [0.5, 0.6) is 0 Å². The van der Waals surface area contributed by atoms with Crippen molar-refractivity contribution >= 4 is 23.6 Å². The van der Waals surface area contributed by atoms with E-state index in [1.54, 1.807) is 12.3 Å². The van der Waals surface area contributed by atoms with Crippen LogP contribution in [0.3, 0.4) is 0 Å². The summed E-state index contributed by atoms with van der Waals surface area (Å²) in [5.74, 6) is 2.12. The molecular weight excluding hydrogens is 362 g/mol. The van der Waals surface area contributed by atoms with E-state index >= 15 is 0 Å². The molecule has 0 aliphatic carbocycles. The van der Waals surface area contributed by atoms with Gasteiger partial charge in [-0.15, -0.1) is 0 Å². The Kier molecular flexibility index (Phi) is 5.33. The third-order valence-electron chi connectivity index (χ3n) is 4.98. The summed E-state index contributed by atoms with van der Waals surface area (Å²) in [6.07, 6.45) is 6.12. The van der Waals surface area contributed by atoms with Gasteiger partial charge < -0.3 is 10.2 Å². The molecule has 146 valence electrons. The van der Waals surface area contributed by atoms with Crippen molar-refractivity contribution in [3.63, 3.8) is 0 Å². The number of carbonyl (C=O) groups is 1. The largest absolute Gasteiger partial charge is 0.330 e. The molecule has 29 heavy (non-hydrogen) atoms. The standard InChI is InChI=1S/C23H23N5O/c1-16-7-6-13-24-23(16)27-21-15-19(25-17(2)26-21)20-12-14-28(20)22(29)11-10-18-8-4-3-5-9-18/h3-11,13,15,20H,12,14H2,1-2H3,(H,24,25,26,27)/b11-10+/t20-/m0/s1. The van der Waals surface area contributed by atoms with Crippen LogP contribution in [0, 0.1) is 13.8 Å². The van der Waals surface area contributed by atoms with Gasteiger partial charge in [-0.2, -0.15) is 0 Å². The van der Waals surface area contributed by atoms with Crippen molar-refractivity contribution in [2.24, 2.45) is 0 Å². The molecule has 0 radical (unpaired) electrons. The summed E-state index contributed by atoms with van der Waals surface area (Å²) in [7, 11) is 0. The molecule has 1 atom stereocenters. The minimum Gasteiger partial charge on any atom is -0.330 e. The van der Waals surface area contributed by atoms with Crippen LogP contribution in [0.25, 0.3) is 6.08 Å². The maximum atomic E-state index is 12.7. The molecule has 1 amide bonds. The van der Waals surface area contributed by atoms with E-state index in [1.807, 2.05) is 73.4 Å². The number of aryl methyl sites for hydroxylation is 2. The molecule has 0 spiro atoms.